The molecule has 0 aliphatic carbocycles. The molecule has 0 fully saturated rings. The monoisotopic (exact) mass is 258 g/mol. The maximum atomic E-state index is 12.1. The third kappa shape index (κ3) is 2.99. The van der Waals surface area contributed by atoms with Gasteiger partial charge in [0.2, 0.25) is 0 Å². The molecule has 0 unspecified atom stereocenters. The zero-order valence-electron chi connectivity index (χ0n) is 11.4. The number of carbonyl (C=O) groups is 1. The van der Waals surface area contributed by atoms with Crippen LogP contribution in [0, 0.1) is 6.92 Å². The molecule has 2 aromatic rings. The average Bonchev–Trinajstić information content (AvgIpc) is 2.83. The van der Waals surface area contributed by atoms with Crippen LogP contribution in [0.25, 0.3) is 0 Å². The molecule has 2 aromatic heterocycles. The van der Waals surface area contributed by atoms with Crippen molar-refractivity contribution in [1.29, 1.82) is 0 Å². The Morgan fingerprint density at radius 2 is 2.21 bits per heavy atom. The lowest BCUT2D eigenvalue weighted by molar-refractivity contribution is 0.0921. The second kappa shape index (κ2) is 5.65. The zero-order chi connectivity index (χ0) is 13.8. The number of pyridine rings is 1. The summed E-state index contributed by atoms with van der Waals surface area (Å²) in [5.74, 6) is 0.229. The number of nitrogens with zero attached hydrogens (tertiary/aromatic N) is 3. The van der Waals surface area contributed by atoms with Gasteiger partial charge in [-0.25, -0.2) is 4.98 Å². The van der Waals surface area contributed by atoms with Crippen LogP contribution in [0.15, 0.2) is 30.7 Å². The summed E-state index contributed by atoms with van der Waals surface area (Å²) in [6, 6.07) is 3.85. The predicted octanol–water partition coefficient (Wildman–Crippen LogP) is 2.00. The number of rotatable bonds is 4. The summed E-state index contributed by atoms with van der Waals surface area (Å²) in [4.78, 5) is 20.5. The van der Waals surface area contributed by atoms with E-state index in [1.807, 2.05) is 32.2 Å². The number of hydrogen-bond donors (Lipinski definition) is 1. The standard InChI is InChI=1S/C14H18N4O/c1-4-11(12-6-5-10(2)9-16-12)17-14(19)13-15-7-8-18(13)3/h5-9,11H,4H2,1-3H3,(H,17,19)/t11-/m1/s1. The normalized spacial score (nSPS) is 12.2. The first-order valence-electron chi connectivity index (χ1n) is 6.32. The summed E-state index contributed by atoms with van der Waals surface area (Å²) >= 11 is 0. The second-order valence-corrected chi connectivity index (χ2v) is 4.56. The predicted molar refractivity (Wildman–Crippen MR) is 72.7 cm³/mol. The molecule has 0 aliphatic heterocycles. The highest BCUT2D eigenvalue weighted by atomic mass is 16.2. The number of amides is 1. The summed E-state index contributed by atoms with van der Waals surface area (Å²) in [6.07, 6.45) is 5.96. The van der Waals surface area contributed by atoms with Crippen molar-refractivity contribution in [2.45, 2.75) is 26.3 Å². The largest absolute Gasteiger partial charge is 0.341 e. The first-order chi connectivity index (χ1) is 9.11. The Labute approximate surface area is 112 Å². The van der Waals surface area contributed by atoms with Crippen LogP contribution in [-0.4, -0.2) is 20.4 Å². The van der Waals surface area contributed by atoms with E-state index in [0.717, 1.165) is 17.7 Å². The zero-order valence-corrected chi connectivity index (χ0v) is 11.4. The van der Waals surface area contributed by atoms with Gasteiger partial charge >= 0.3 is 0 Å². The van der Waals surface area contributed by atoms with E-state index in [0.29, 0.717) is 5.82 Å². The van der Waals surface area contributed by atoms with Crippen LogP contribution < -0.4 is 5.32 Å². The van der Waals surface area contributed by atoms with Crippen LogP contribution in [0.2, 0.25) is 0 Å². The highest BCUT2D eigenvalue weighted by Gasteiger charge is 2.17. The van der Waals surface area contributed by atoms with E-state index in [1.54, 1.807) is 24.0 Å². The Morgan fingerprint density at radius 1 is 1.42 bits per heavy atom. The molecule has 100 valence electrons. The van der Waals surface area contributed by atoms with Crippen molar-refractivity contribution >= 4 is 5.91 Å². The average molecular weight is 258 g/mol. The number of imidazole rings is 1. The molecule has 1 atom stereocenters. The van der Waals surface area contributed by atoms with E-state index in [4.69, 9.17) is 0 Å². The Hall–Kier alpha value is -2.17. The molecular weight excluding hydrogens is 240 g/mol. The Bertz CT molecular complexity index is 559. The van der Waals surface area contributed by atoms with Crippen LogP contribution >= 0.6 is 0 Å². The fraction of sp³-hybridized carbons (Fsp3) is 0.357. The summed E-state index contributed by atoms with van der Waals surface area (Å²) < 4.78 is 1.70. The molecule has 1 N–H and O–H groups in total. The van der Waals surface area contributed by atoms with Crippen molar-refractivity contribution in [3.8, 4) is 0 Å². The third-order valence-electron chi connectivity index (χ3n) is 3.03. The molecule has 5 heteroatoms. The fourth-order valence-electron chi connectivity index (χ4n) is 1.88. The molecule has 0 aromatic carbocycles. The van der Waals surface area contributed by atoms with Gasteiger partial charge in [-0.15, -0.1) is 0 Å². The maximum Gasteiger partial charge on any atom is 0.287 e. The summed E-state index contributed by atoms with van der Waals surface area (Å²) in [5, 5.41) is 2.96. The lowest BCUT2D eigenvalue weighted by atomic mass is 10.1. The number of hydrogen-bond acceptors (Lipinski definition) is 3. The molecule has 19 heavy (non-hydrogen) atoms. The van der Waals surface area contributed by atoms with Crippen LogP contribution in [0.5, 0.6) is 0 Å². The van der Waals surface area contributed by atoms with Gasteiger partial charge in [-0.05, 0) is 25.0 Å². The van der Waals surface area contributed by atoms with E-state index < -0.39 is 0 Å². The number of aryl methyl sites for hydroxylation is 2. The highest BCUT2D eigenvalue weighted by molar-refractivity contribution is 5.91. The molecule has 0 radical (unpaired) electrons. The van der Waals surface area contributed by atoms with Crippen molar-refractivity contribution in [2.24, 2.45) is 7.05 Å². The Balaban J connectivity index is 2.13. The Morgan fingerprint density at radius 3 is 2.74 bits per heavy atom. The summed E-state index contributed by atoms with van der Waals surface area (Å²) in [7, 11) is 1.80. The smallest absolute Gasteiger partial charge is 0.287 e. The Kier molecular flexibility index (Phi) is 3.94. The molecule has 5 nitrogen and oxygen atoms in total. The fourth-order valence-corrected chi connectivity index (χ4v) is 1.88. The lowest BCUT2D eigenvalue weighted by Gasteiger charge is -2.16. The minimum Gasteiger partial charge on any atom is -0.341 e. The number of nitrogens with one attached hydrogen (secondary N) is 1. The highest BCUT2D eigenvalue weighted by Crippen LogP contribution is 2.15. The molecule has 2 heterocycles. The molecule has 2 rings (SSSR count). The number of carbonyl (C=O) groups excluding carboxylic acids is 1. The van der Waals surface area contributed by atoms with E-state index >= 15 is 0 Å². The first-order valence-corrected chi connectivity index (χ1v) is 6.32. The number of aromatic nitrogens is 3. The van der Waals surface area contributed by atoms with E-state index in [1.165, 1.54) is 0 Å². The van der Waals surface area contributed by atoms with Crippen LogP contribution in [-0.2, 0) is 7.05 Å². The lowest BCUT2D eigenvalue weighted by Crippen LogP contribution is -2.30. The quantitative estimate of drug-likeness (QED) is 0.912. The van der Waals surface area contributed by atoms with Crippen LogP contribution in [0.1, 0.15) is 41.3 Å². The van der Waals surface area contributed by atoms with E-state index in [9.17, 15) is 4.79 Å². The second-order valence-electron chi connectivity index (χ2n) is 4.56. The van der Waals surface area contributed by atoms with Gasteiger partial charge < -0.3 is 9.88 Å². The van der Waals surface area contributed by atoms with Crippen LogP contribution in [0.4, 0.5) is 0 Å². The first kappa shape index (κ1) is 13.3. The van der Waals surface area contributed by atoms with Crippen LogP contribution in [0.3, 0.4) is 0 Å². The molecular formula is C14H18N4O. The van der Waals surface area contributed by atoms with Gasteiger partial charge in [0.25, 0.3) is 5.91 Å². The van der Waals surface area contributed by atoms with Crippen molar-refractivity contribution in [3.05, 3.63) is 47.8 Å². The van der Waals surface area contributed by atoms with Gasteiger partial charge in [0.1, 0.15) is 0 Å². The van der Waals surface area contributed by atoms with Crippen molar-refractivity contribution in [2.75, 3.05) is 0 Å². The maximum absolute atomic E-state index is 12.1. The third-order valence-corrected chi connectivity index (χ3v) is 3.03. The minimum atomic E-state index is -0.179. The van der Waals surface area contributed by atoms with Crippen molar-refractivity contribution in [1.82, 2.24) is 19.9 Å². The van der Waals surface area contributed by atoms with Crippen molar-refractivity contribution in [3.63, 3.8) is 0 Å². The van der Waals surface area contributed by atoms with Gasteiger partial charge in [0.05, 0.1) is 11.7 Å². The SMILES string of the molecule is CC[C@@H](NC(=O)c1nccn1C)c1ccc(C)cn1. The molecule has 0 spiro atoms. The summed E-state index contributed by atoms with van der Waals surface area (Å²) in [6.45, 7) is 4.01. The van der Waals surface area contributed by atoms with Gasteiger partial charge in [-0.3, -0.25) is 9.78 Å². The minimum absolute atomic E-state index is 0.0928. The van der Waals surface area contributed by atoms with Crippen molar-refractivity contribution < 1.29 is 4.79 Å². The molecule has 0 aliphatic rings. The van der Waals surface area contributed by atoms with E-state index in [2.05, 4.69) is 15.3 Å². The molecule has 0 saturated heterocycles. The van der Waals surface area contributed by atoms with Gasteiger partial charge in [0.15, 0.2) is 5.82 Å². The summed E-state index contributed by atoms with van der Waals surface area (Å²) in [5.41, 5.74) is 1.98. The topological polar surface area (TPSA) is 59.8 Å². The molecule has 0 bridgehead atoms. The van der Waals surface area contributed by atoms with Gasteiger partial charge in [-0.1, -0.05) is 13.0 Å². The molecule has 0 saturated carbocycles. The van der Waals surface area contributed by atoms with E-state index in [-0.39, 0.29) is 11.9 Å². The van der Waals surface area contributed by atoms with Gasteiger partial charge in [0, 0.05) is 25.6 Å². The van der Waals surface area contributed by atoms with Gasteiger partial charge in [-0.2, -0.15) is 0 Å². The molecule has 1 amide bonds.